The van der Waals surface area contributed by atoms with Crippen LogP contribution >= 0.6 is 0 Å². The van der Waals surface area contributed by atoms with Gasteiger partial charge in [0.25, 0.3) is 0 Å². The Hall–Kier alpha value is -2.14. The molecule has 2 N–H and O–H groups in total. The molecule has 1 heterocycles. The molecule has 0 radical (unpaired) electrons. The molecule has 0 aliphatic rings. The van der Waals surface area contributed by atoms with Crippen LogP contribution in [0.2, 0.25) is 0 Å². The third kappa shape index (κ3) is 2.02. The Morgan fingerprint density at radius 2 is 1.95 bits per heavy atom. The van der Waals surface area contributed by atoms with E-state index < -0.39 is 11.0 Å². The molecule has 0 aliphatic carbocycles. The zero-order valence-electron chi connectivity index (χ0n) is 10.4. The molecule has 0 fully saturated rings. The molecule has 0 aliphatic heterocycles. The fourth-order valence-electron chi connectivity index (χ4n) is 2.05. The van der Waals surface area contributed by atoms with Crippen molar-refractivity contribution in [2.45, 2.75) is 11.8 Å². The number of aromatic nitrogens is 2. The summed E-state index contributed by atoms with van der Waals surface area (Å²) in [5.41, 5.74) is 8.43. The number of nitrogens with zero attached hydrogens (tertiary/aromatic N) is 2. The van der Waals surface area contributed by atoms with Crippen molar-refractivity contribution in [3.8, 4) is 0 Å². The topological polar surface area (TPSA) is 60.9 Å². The molecule has 0 bridgehead atoms. The highest BCUT2D eigenvalue weighted by Crippen LogP contribution is 2.24. The Labute approximate surface area is 113 Å². The third-order valence-electron chi connectivity index (χ3n) is 2.93. The van der Waals surface area contributed by atoms with Crippen LogP contribution in [-0.4, -0.2) is 13.4 Å². The summed E-state index contributed by atoms with van der Waals surface area (Å²) in [5.74, 6) is 0. The highest BCUT2D eigenvalue weighted by Gasteiger charge is 2.12. The lowest BCUT2D eigenvalue weighted by Gasteiger charge is -2.05. The molecule has 1 aromatic heterocycles. The van der Waals surface area contributed by atoms with Gasteiger partial charge < -0.3 is 5.73 Å². The van der Waals surface area contributed by atoms with E-state index in [9.17, 15) is 4.21 Å². The monoisotopic (exact) mass is 271 g/mol. The lowest BCUT2D eigenvalue weighted by atomic mass is 10.1. The molecule has 4 nitrogen and oxygen atoms in total. The lowest BCUT2D eigenvalue weighted by Crippen LogP contribution is -2.06. The maximum Gasteiger partial charge on any atom is 0.173 e. The van der Waals surface area contributed by atoms with Crippen molar-refractivity contribution in [1.82, 2.24) is 9.19 Å². The Kier molecular flexibility index (Phi) is 2.83. The van der Waals surface area contributed by atoms with Crippen molar-refractivity contribution in [3.05, 3.63) is 54.2 Å². The number of rotatable bonds is 2. The predicted octanol–water partition coefficient (Wildman–Crippen LogP) is 2.50. The predicted molar refractivity (Wildman–Crippen MR) is 77.1 cm³/mol. The fourth-order valence-corrected chi connectivity index (χ4v) is 3.10. The first-order chi connectivity index (χ1) is 9.16. The zero-order valence-corrected chi connectivity index (χ0v) is 11.2. The maximum absolute atomic E-state index is 12.5. The molecular weight excluding hydrogens is 258 g/mol. The van der Waals surface area contributed by atoms with E-state index in [0.29, 0.717) is 10.6 Å². The minimum Gasteiger partial charge on any atom is -0.398 e. The van der Waals surface area contributed by atoms with Gasteiger partial charge in [0.15, 0.2) is 11.0 Å². The van der Waals surface area contributed by atoms with Crippen LogP contribution < -0.4 is 5.73 Å². The maximum atomic E-state index is 12.5. The van der Waals surface area contributed by atoms with Crippen LogP contribution in [0.4, 0.5) is 5.69 Å². The highest BCUT2D eigenvalue weighted by atomic mass is 32.2. The second kappa shape index (κ2) is 4.51. The van der Waals surface area contributed by atoms with Gasteiger partial charge in [-0.1, -0.05) is 18.2 Å². The van der Waals surface area contributed by atoms with Crippen LogP contribution in [0.1, 0.15) is 5.56 Å². The molecule has 1 unspecified atom stereocenters. The molecular formula is C14H13N3OS. The van der Waals surface area contributed by atoms with Crippen molar-refractivity contribution in [2.75, 3.05) is 5.73 Å². The van der Waals surface area contributed by atoms with Crippen LogP contribution in [0.15, 0.2) is 53.6 Å². The molecule has 0 saturated carbocycles. The molecule has 96 valence electrons. The SMILES string of the molecule is Cc1cc(N)c2cnn(S(=O)c3ccccc3)c2c1. The molecule has 0 saturated heterocycles. The van der Waals surface area contributed by atoms with E-state index in [1.165, 1.54) is 4.09 Å². The first-order valence-corrected chi connectivity index (χ1v) is 6.98. The van der Waals surface area contributed by atoms with E-state index in [4.69, 9.17) is 5.73 Å². The van der Waals surface area contributed by atoms with E-state index in [2.05, 4.69) is 5.10 Å². The van der Waals surface area contributed by atoms with Gasteiger partial charge in [-0.15, -0.1) is 0 Å². The summed E-state index contributed by atoms with van der Waals surface area (Å²) in [7, 11) is -1.36. The average Bonchev–Trinajstić information content (AvgIpc) is 2.83. The van der Waals surface area contributed by atoms with Crippen LogP contribution in [0.25, 0.3) is 10.9 Å². The largest absolute Gasteiger partial charge is 0.398 e. The quantitative estimate of drug-likeness (QED) is 0.728. The Morgan fingerprint density at radius 3 is 2.68 bits per heavy atom. The summed E-state index contributed by atoms with van der Waals surface area (Å²) < 4.78 is 14.0. The number of aryl methyl sites for hydroxylation is 1. The summed E-state index contributed by atoms with van der Waals surface area (Å²) in [6.07, 6.45) is 1.66. The van der Waals surface area contributed by atoms with E-state index in [1.54, 1.807) is 6.20 Å². The fraction of sp³-hybridized carbons (Fsp3) is 0.0714. The van der Waals surface area contributed by atoms with E-state index in [1.807, 2.05) is 49.4 Å². The lowest BCUT2D eigenvalue weighted by molar-refractivity contribution is 0.673. The van der Waals surface area contributed by atoms with Gasteiger partial charge in [-0.05, 0) is 36.8 Å². The van der Waals surface area contributed by atoms with Gasteiger partial charge in [0.05, 0.1) is 16.6 Å². The summed E-state index contributed by atoms with van der Waals surface area (Å²) >= 11 is 0. The van der Waals surface area contributed by atoms with Gasteiger partial charge in [0, 0.05) is 11.1 Å². The molecule has 3 aromatic rings. The molecule has 2 aromatic carbocycles. The minimum atomic E-state index is -1.36. The minimum absolute atomic E-state index is 0.659. The number of nitrogens with two attached hydrogens (primary N) is 1. The smallest absolute Gasteiger partial charge is 0.173 e. The number of fused-ring (bicyclic) bond motifs is 1. The van der Waals surface area contributed by atoms with Crippen molar-refractivity contribution >= 4 is 27.6 Å². The summed E-state index contributed by atoms with van der Waals surface area (Å²) in [5, 5.41) is 5.04. The van der Waals surface area contributed by atoms with Gasteiger partial charge in [-0.25, -0.2) is 4.21 Å². The van der Waals surface area contributed by atoms with Crippen molar-refractivity contribution < 1.29 is 4.21 Å². The average molecular weight is 271 g/mol. The summed E-state index contributed by atoms with van der Waals surface area (Å²) in [6, 6.07) is 13.1. The molecule has 5 heteroatoms. The van der Waals surface area contributed by atoms with Gasteiger partial charge in [0.2, 0.25) is 0 Å². The molecule has 0 amide bonds. The third-order valence-corrected chi connectivity index (χ3v) is 4.21. The Balaban J connectivity index is 2.19. The Morgan fingerprint density at radius 1 is 1.21 bits per heavy atom. The molecule has 3 rings (SSSR count). The highest BCUT2D eigenvalue weighted by molar-refractivity contribution is 7.83. The van der Waals surface area contributed by atoms with Crippen molar-refractivity contribution in [1.29, 1.82) is 0 Å². The first kappa shape index (κ1) is 11.9. The summed E-state index contributed by atoms with van der Waals surface area (Å²) in [4.78, 5) is 0.715. The van der Waals surface area contributed by atoms with Crippen molar-refractivity contribution in [2.24, 2.45) is 0 Å². The molecule has 19 heavy (non-hydrogen) atoms. The van der Waals surface area contributed by atoms with Crippen LogP contribution in [0.3, 0.4) is 0 Å². The summed E-state index contributed by atoms with van der Waals surface area (Å²) in [6.45, 7) is 1.96. The standard InChI is InChI=1S/C14H13N3OS/c1-10-7-13(15)12-9-16-17(14(12)8-10)19(18)11-5-3-2-4-6-11/h2-9H,15H2,1H3. The van der Waals surface area contributed by atoms with Crippen LogP contribution in [0, 0.1) is 6.92 Å². The van der Waals surface area contributed by atoms with E-state index >= 15 is 0 Å². The number of nitrogen functional groups attached to an aromatic ring is 1. The van der Waals surface area contributed by atoms with E-state index in [0.717, 1.165) is 16.5 Å². The number of benzene rings is 2. The number of hydrogen-bond acceptors (Lipinski definition) is 3. The number of anilines is 1. The van der Waals surface area contributed by atoms with Gasteiger partial charge >= 0.3 is 0 Å². The van der Waals surface area contributed by atoms with E-state index in [-0.39, 0.29) is 0 Å². The van der Waals surface area contributed by atoms with Gasteiger partial charge in [0.1, 0.15) is 0 Å². The molecule has 1 atom stereocenters. The van der Waals surface area contributed by atoms with Gasteiger partial charge in [-0.2, -0.15) is 9.19 Å². The van der Waals surface area contributed by atoms with Crippen LogP contribution in [0.5, 0.6) is 0 Å². The number of hydrogen-bond donors (Lipinski definition) is 1. The zero-order chi connectivity index (χ0) is 13.4. The van der Waals surface area contributed by atoms with Crippen molar-refractivity contribution in [3.63, 3.8) is 0 Å². The second-order valence-corrected chi connectivity index (χ2v) is 5.68. The molecule has 0 spiro atoms. The van der Waals surface area contributed by atoms with Crippen LogP contribution in [-0.2, 0) is 11.0 Å². The normalized spacial score (nSPS) is 12.7. The Bertz CT molecular complexity index is 765. The first-order valence-electron chi connectivity index (χ1n) is 5.88. The van der Waals surface area contributed by atoms with Gasteiger partial charge in [-0.3, -0.25) is 0 Å². The second-order valence-electron chi connectivity index (χ2n) is 4.37.